The van der Waals surface area contributed by atoms with Gasteiger partial charge in [-0.3, -0.25) is 19.8 Å². The number of nitrogens with zero attached hydrogens (tertiary/aromatic N) is 1. The van der Waals surface area contributed by atoms with E-state index in [1.165, 1.54) is 4.90 Å². The second kappa shape index (κ2) is 4.23. The number of hydrogen-bond donors (Lipinski definition) is 1. The maximum Gasteiger partial charge on any atom is 0.331 e. The molecule has 1 N–H and O–H groups in total. The van der Waals surface area contributed by atoms with E-state index in [2.05, 4.69) is 5.32 Å². The van der Waals surface area contributed by atoms with E-state index >= 15 is 0 Å². The van der Waals surface area contributed by atoms with E-state index in [1.807, 2.05) is 0 Å². The summed E-state index contributed by atoms with van der Waals surface area (Å²) in [6, 6.07) is -0.559. The molecular weight excluding hydrogens is 208 g/mol. The molecule has 0 aromatic rings. The van der Waals surface area contributed by atoms with Crippen LogP contribution in [0.3, 0.4) is 0 Å². The Labute approximate surface area is 94.2 Å². The van der Waals surface area contributed by atoms with E-state index in [1.54, 1.807) is 6.92 Å². The van der Waals surface area contributed by atoms with Gasteiger partial charge in [-0.15, -0.1) is 0 Å². The van der Waals surface area contributed by atoms with Gasteiger partial charge in [-0.2, -0.15) is 0 Å². The van der Waals surface area contributed by atoms with E-state index in [4.69, 9.17) is 0 Å². The van der Waals surface area contributed by atoms with Crippen LogP contribution in [0.1, 0.15) is 39.0 Å². The number of carbonyl (C=O) groups excluding carboxylic acids is 3. The summed E-state index contributed by atoms with van der Waals surface area (Å²) in [6.07, 6.45) is 4.98. The second-order valence-corrected chi connectivity index (χ2v) is 4.52. The van der Waals surface area contributed by atoms with Crippen LogP contribution in [0.25, 0.3) is 0 Å². The van der Waals surface area contributed by atoms with Gasteiger partial charge < -0.3 is 0 Å². The normalized spacial score (nSPS) is 28.2. The quantitative estimate of drug-likeness (QED) is 0.676. The average Bonchev–Trinajstić information content (AvgIpc) is 2.28. The molecule has 2 fully saturated rings. The Bertz CT molecular complexity index is 334. The fourth-order valence-electron chi connectivity index (χ4n) is 2.38. The fourth-order valence-corrected chi connectivity index (χ4v) is 2.38. The van der Waals surface area contributed by atoms with Crippen LogP contribution in [-0.4, -0.2) is 28.8 Å². The van der Waals surface area contributed by atoms with Gasteiger partial charge in [-0.05, 0) is 19.8 Å². The molecule has 88 valence electrons. The fraction of sp³-hybridized carbons (Fsp3) is 0.727. The maximum atomic E-state index is 11.9. The summed E-state index contributed by atoms with van der Waals surface area (Å²) in [5.41, 5.74) is 0. The number of carbonyl (C=O) groups is 3. The van der Waals surface area contributed by atoms with Crippen LogP contribution in [0, 0.1) is 5.92 Å². The lowest BCUT2D eigenvalue weighted by Crippen LogP contribution is -2.60. The molecule has 1 saturated heterocycles. The number of nitrogens with one attached hydrogen (secondary N) is 1. The minimum atomic E-state index is -0.736. The summed E-state index contributed by atoms with van der Waals surface area (Å²) in [6.45, 7) is 1.54. The molecule has 1 unspecified atom stereocenters. The third-order valence-electron chi connectivity index (χ3n) is 3.39. The predicted octanol–water partition coefficient (Wildman–Crippen LogP) is 1.03. The lowest BCUT2D eigenvalue weighted by Gasteiger charge is -2.36. The minimum absolute atomic E-state index is 0.0169. The largest absolute Gasteiger partial charge is 0.331 e. The highest BCUT2D eigenvalue weighted by molar-refractivity contribution is 6.16. The van der Waals surface area contributed by atoms with Gasteiger partial charge in [0.05, 0.1) is 0 Å². The van der Waals surface area contributed by atoms with Gasteiger partial charge in [0.15, 0.2) is 0 Å². The highest BCUT2D eigenvalue weighted by Gasteiger charge is 2.41. The van der Waals surface area contributed by atoms with Crippen molar-refractivity contribution in [3.8, 4) is 0 Å². The molecule has 0 bridgehead atoms. The van der Waals surface area contributed by atoms with Crippen molar-refractivity contribution < 1.29 is 14.4 Å². The Hall–Kier alpha value is -1.39. The zero-order chi connectivity index (χ0) is 11.7. The first-order chi connectivity index (χ1) is 7.61. The Morgan fingerprint density at radius 3 is 2.38 bits per heavy atom. The van der Waals surface area contributed by atoms with Crippen LogP contribution in [0.15, 0.2) is 0 Å². The van der Waals surface area contributed by atoms with Crippen molar-refractivity contribution in [2.75, 3.05) is 0 Å². The number of amides is 4. The van der Waals surface area contributed by atoms with Crippen molar-refractivity contribution in [1.82, 2.24) is 10.2 Å². The summed E-state index contributed by atoms with van der Waals surface area (Å²) in [5, 5.41) is 2.23. The molecule has 5 nitrogen and oxygen atoms in total. The zero-order valence-corrected chi connectivity index (χ0v) is 9.36. The number of imide groups is 2. The summed E-state index contributed by atoms with van der Waals surface area (Å²) in [5.74, 6) is -1.57. The van der Waals surface area contributed by atoms with Crippen molar-refractivity contribution >= 4 is 17.8 Å². The van der Waals surface area contributed by atoms with Crippen LogP contribution < -0.4 is 5.32 Å². The van der Waals surface area contributed by atoms with Gasteiger partial charge in [0.1, 0.15) is 5.92 Å². The van der Waals surface area contributed by atoms with Crippen LogP contribution in [0.5, 0.6) is 0 Å². The lowest BCUT2D eigenvalue weighted by molar-refractivity contribution is -0.143. The van der Waals surface area contributed by atoms with Crippen molar-refractivity contribution in [1.29, 1.82) is 0 Å². The van der Waals surface area contributed by atoms with Crippen molar-refractivity contribution in [2.45, 2.75) is 45.1 Å². The third kappa shape index (κ3) is 1.81. The van der Waals surface area contributed by atoms with Gasteiger partial charge in [-0.25, -0.2) is 4.79 Å². The van der Waals surface area contributed by atoms with Crippen molar-refractivity contribution in [3.05, 3.63) is 0 Å². The number of hydrogen-bond acceptors (Lipinski definition) is 3. The van der Waals surface area contributed by atoms with Crippen molar-refractivity contribution in [3.63, 3.8) is 0 Å². The molecule has 0 spiro atoms. The van der Waals surface area contributed by atoms with Crippen LogP contribution in [0.4, 0.5) is 4.79 Å². The average molecular weight is 224 g/mol. The summed E-state index contributed by atoms with van der Waals surface area (Å²) < 4.78 is 0. The molecule has 0 radical (unpaired) electrons. The molecule has 5 heteroatoms. The molecule has 1 atom stereocenters. The molecule has 2 rings (SSSR count). The Morgan fingerprint density at radius 2 is 1.75 bits per heavy atom. The zero-order valence-electron chi connectivity index (χ0n) is 9.36. The molecule has 1 saturated carbocycles. The van der Waals surface area contributed by atoms with Gasteiger partial charge in [0, 0.05) is 6.04 Å². The maximum absolute atomic E-state index is 11.9. The molecule has 0 aromatic heterocycles. The Balaban J connectivity index is 2.15. The van der Waals surface area contributed by atoms with Crippen LogP contribution in [-0.2, 0) is 9.59 Å². The van der Waals surface area contributed by atoms with Crippen LogP contribution in [0.2, 0.25) is 0 Å². The van der Waals surface area contributed by atoms with Gasteiger partial charge in [0.2, 0.25) is 11.8 Å². The molecule has 1 aliphatic heterocycles. The SMILES string of the molecule is CC1C(=O)NC(=O)N(C2CCCCC2)C1=O. The van der Waals surface area contributed by atoms with E-state index in [0.717, 1.165) is 32.1 Å². The third-order valence-corrected chi connectivity index (χ3v) is 3.39. The van der Waals surface area contributed by atoms with Gasteiger partial charge in [0.25, 0.3) is 0 Å². The second-order valence-electron chi connectivity index (χ2n) is 4.52. The summed E-state index contributed by atoms with van der Waals surface area (Å²) in [7, 11) is 0. The monoisotopic (exact) mass is 224 g/mol. The molecule has 4 amide bonds. The highest BCUT2D eigenvalue weighted by Crippen LogP contribution is 2.25. The first-order valence-corrected chi connectivity index (χ1v) is 5.79. The molecule has 2 aliphatic rings. The van der Waals surface area contributed by atoms with Crippen molar-refractivity contribution in [2.24, 2.45) is 5.92 Å². The Kier molecular flexibility index (Phi) is 2.94. The topological polar surface area (TPSA) is 66.5 Å². The summed E-state index contributed by atoms with van der Waals surface area (Å²) in [4.78, 5) is 36.0. The minimum Gasteiger partial charge on any atom is -0.277 e. The molecule has 1 heterocycles. The van der Waals surface area contributed by atoms with E-state index in [0.29, 0.717) is 0 Å². The number of urea groups is 1. The highest BCUT2D eigenvalue weighted by atomic mass is 16.2. The molecular formula is C11H16N2O3. The summed E-state index contributed by atoms with van der Waals surface area (Å²) >= 11 is 0. The standard InChI is InChI=1S/C11H16N2O3/c1-7-9(14)12-11(16)13(10(7)15)8-5-3-2-4-6-8/h7-8H,2-6H2,1H3,(H,12,14,16). The molecule has 1 aliphatic carbocycles. The van der Waals surface area contributed by atoms with Gasteiger partial charge in [-0.1, -0.05) is 19.3 Å². The van der Waals surface area contributed by atoms with E-state index < -0.39 is 17.9 Å². The smallest absolute Gasteiger partial charge is 0.277 e. The van der Waals surface area contributed by atoms with E-state index in [-0.39, 0.29) is 11.9 Å². The van der Waals surface area contributed by atoms with E-state index in [9.17, 15) is 14.4 Å². The van der Waals surface area contributed by atoms with Gasteiger partial charge >= 0.3 is 6.03 Å². The molecule has 16 heavy (non-hydrogen) atoms. The lowest BCUT2D eigenvalue weighted by atomic mass is 9.93. The number of rotatable bonds is 1. The number of barbiturate groups is 1. The Morgan fingerprint density at radius 1 is 1.12 bits per heavy atom. The van der Waals surface area contributed by atoms with Crippen LogP contribution >= 0.6 is 0 Å². The first-order valence-electron chi connectivity index (χ1n) is 5.79. The molecule has 0 aromatic carbocycles. The first kappa shape index (κ1) is 11.1. The predicted molar refractivity (Wildman–Crippen MR) is 56.4 cm³/mol.